The van der Waals surface area contributed by atoms with Gasteiger partial charge in [-0.2, -0.15) is 0 Å². The first-order valence-electron chi connectivity index (χ1n) is 42.6. The lowest BCUT2D eigenvalue weighted by Gasteiger charge is -2.48. The van der Waals surface area contributed by atoms with E-state index < -0.39 is 22.4 Å². The molecule has 114 heavy (non-hydrogen) atoms. The van der Waals surface area contributed by atoms with Crippen molar-refractivity contribution in [1.82, 2.24) is 0 Å². The Balaban J connectivity index is 1.55. The summed E-state index contributed by atoms with van der Waals surface area (Å²) in [5.41, 5.74) is 19.4. The first-order chi connectivity index (χ1) is 52.7. The van der Waals surface area contributed by atoms with E-state index in [1.165, 1.54) is 44.5 Å². The van der Waals surface area contributed by atoms with Crippen molar-refractivity contribution in [2.75, 3.05) is 0 Å². The lowest BCUT2D eigenvalue weighted by atomic mass is 9.66. The van der Waals surface area contributed by atoms with Gasteiger partial charge in [0, 0.05) is 22.3 Å². The Morgan fingerprint density at radius 2 is 0.289 bits per heavy atom. The van der Waals surface area contributed by atoms with Crippen LogP contribution in [0.15, 0.2) is 206 Å². The summed E-state index contributed by atoms with van der Waals surface area (Å²) >= 11 is 0. The maximum Gasteiger partial charge on any atom is 0.179 e. The Morgan fingerprint density at radius 1 is 0.184 bits per heavy atom. The van der Waals surface area contributed by atoms with Crippen LogP contribution >= 0.6 is 0 Å². The molecule has 10 aromatic carbocycles. The topological polar surface area (TPSA) is 36.9 Å². The van der Waals surface area contributed by atoms with Gasteiger partial charge in [0.1, 0.15) is 0 Å². The predicted octanol–water partition coefficient (Wildman–Crippen LogP) is 30.0. The zero-order chi connectivity index (χ0) is 84.2. The number of fused-ring (bicyclic) bond motifs is 4. The lowest BCUT2D eigenvalue weighted by molar-refractivity contribution is -0.391. The normalized spacial score (nSPS) is 15.9. The quantitative estimate of drug-likeness (QED) is 0.114. The van der Waals surface area contributed by atoms with Crippen LogP contribution in [0, 0.1) is 13.8 Å². The maximum atomic E-state index is 8.92. The van der Waals surface area contributed by atoms with Crippen molar-refractivity contribution in [2.24, 2.45) is 0 Å². The average Bonchev–Trinajstić information content (AvgIpc) is 0.696. The van der Waals surface area contributed by atoms with Gasteiger partial charge in [0.25, 0.3) is 0 Å². The molecule has 0 amide bonds. The highest BCUT2D eigenvalue weighted by Gasteiger charge is 2.56. The fourth-order valence-corrected chi connectivity index (χ4v) is 17.7. The molecule has 4 heteroatoms. The molecule has 1 aliphatic rings. The number of benzene rings is 10. The minimum absolute atomic E-state index is 0.0705. The minimum Gasteiger partial charge on any atom is -0.214 e. The first kappa shape index (κ1) is 86.9. The second kappa shape index (κ2) is 30.8. The first-order valence-corrected chi connectivity index (χ1v) is 42.6. The van der Waals surface area contributed by atoms with Crippen LogP contribution in [0.25, 0.3) is 0 Å². The molecule has 0 fully saturated rings. The highest BCUT2D eigenvalue weighted by molar-refractivity contribution is 5.68. The van der Waals surface area contributed by atoms with E-state index in [1.807, 2.05) is 0 Å². The van der Waals surface area contributed by atoms with Crippen LogP contribution in [0.2, 0.25) is 0 Å². The van der Waals surface area contributed by atoms with Crippen molar-refractivity contribution in [3.05, 3.63) is 351 Å². The van der Waals surface area contributed by atoms with Crippen LogP contribution in [0.1, 0.15) is 390 Å². The van der Waals surface area contributed by atoms with Gasteiger partial charge in [-0.1, -0.05) is 428 Å². The largest absolute Gasteiger partial charge is 0.214 e. The Labute approximate surface area is 690 Å². The van der Waals surface area contributed by atoms with Crippen LogP contribution in [0.4, 0.5) is 0 Å². The van der Waals surface area contributed by atoms with E-state index in [0.29, 0.717) is 0 Å². The number of rotatable bonds is 12. The maximum absolute atomic E-state index is 8.92. The minimum atomic E-state index is -1.59. The standard InChI is InChI=1S/C110H140O4/c1-69(2)91-67-92(70(3)4)96-73(9)95(91)107(83-51-35-75(36-52-83)99(11,12)13,84-53-37-76(38-54-84)100(14,15)16)111-112-109(87-59-43-79(44-60-87)103(23,24)25,88-61-45-80(46-62-88)104(26,27)28)97-74(10)98(94(72(7)8)68-93(97)71(5)6)110(89-63-47-81(48-64-89)105(29,30)31,90-65-49-82(50-66-90)106(32,33)34)114-113-108(96,85-55-39-77(40-56-85)101(17,18)19)86-57-41-78(42-58-86)102(20,21)22/h35-72H,1-34H3. The molecule has 0 saturated carbocycles. The van der Waals surface area contributed by atoms with Gasteiger partial charge < -0.3 is 0 Å². The number of hydrogen-bond donors (Lipinski definition) is 0. The zero-order valence-electron chi connectivity index (χ0n) is 76.6. The van der Waals surface area contributed by atoms with Crippen LogP contribution in [0.5, 0.6) is 0 Å². The molecule has 4 bridgehead atoms. The molecule has 0 N–H and O–H groups in total. The SMILES string of the molecule is Cc1c2c(C(C)C)cc(C(C)C)c1C(c1ccc(C(C)(C)C)cc1)(c1ccc(C(C)(C)C)cc1)OOC(c1ccc(C(C)(C)C)cc1)(c1ccc(C(C)(C)C)cc1)c1c(C(C)C)cc(C(C)C)c(c1C)C(c1ccc(C(C)(C)C)cc1)(c1ccc(C(C)(C)C)cc1)OOC2(c1ccc(C(C)(C)C)cc1)c1ccc(C(C)(C)C)cc1. The van der Waals surface area contributed by atoms with Gasteiger partial charge in [-0.05, 0) is 203 Å². The Hall–Kier alpha value is -7.96. The van der Waals surface area contributed by atoms with E-state index in [4.69, 9.17) is 19.6 Å². The van der Waals surface area contributed by atoms with Crippen molar-refractivity contribution in [1.29, 1.82) is 0 Å². The third-order valence-electron chi connectivity index (χ3n) is 25.0. The van der Waals surface area contributed by atoms with Crippen LogP contribution in [-0.4, -0.2) is 0 Å². The van der Waals surface area contributed by atoms with E-state index in [1.54, 1.807) is 0 Å². The molecular formula is C110H140O4. The molecule has 11 rings (SSSR count). The molecule has 0 aromatic heterocycles. The van der Waals surface area contributed by atoms with Crippen molar-refractivity contribution >= 4 is 0 Å². The van der Waals surface area contributed by atoms with E-state index in [0.717, 1.165) is 100 Å². The second-order valence-corrected chi connectivity index (χ2v) is 43.2. The molecule has 0 saturated heterocycles. The van der Waals surface area contributed by atoms with Crippen molar-refractivity contribution in [2.45, 2.75) is 325 Å². The predicted molar refractivity (Wildman–Crippen MR) is 484 cm³/mol. The Bertz CT molecular complexity index is 4150. The van der Waals surface area contributed by atoms with Crippen LogP contribution in [0.3, 0.4) is 0 Å². The number of hydrogen-bond acceptors (Lipinski definition) is 4. The van der Waals surface area contributed by atoms with E-state index in [2.05, 4.69) is 442 Å². The van der Waals surface area contributed by atoms with Crippen LogP contribution < -0.4 is 0 Å². The molecule has 1 heterocycles. The molecule has 4 nitrogen and oxygen atoms in total. The molecular weight excluding hydrogens is 1390 g/mol. The summed E-state index contributed by atoms with van der Waals surface area (Å²) in [7, 11) is 0. The molecule has 0 spiro atoms. The summed E-state index contributed by atoms with van der Waals surface area (Å²) in [4.78, 5) is 35.7. The van der Waals surface area contributed by atoms with Crippen LogP contribution in [-0.2, 0) is 85.3 Å². The van der Waals surface area contributed by atoms with E-state index in [9.17, 15) is 0 Å². The van der Waals surface area contributed by atoms with Crippen molar-refractivity contribution < 1.29 is 19.6 Å². The van der Waals surface area contributed by atoms with Gasteiger partial charge in [-0.3, -0.25) is 0 Å². The molecule has 0 aliphatic carbocycles. The Morgan fingerprint density at radius 3 is 0.377 bits per heavy atom. The summed E-state index contributed by atoms with van der Waals surface area (Å²) in [6.07, 6.45) is 0. The smallest absolute Gasteiger partial charge is 0.179 e. The van der Waals surface area contributed by atoms with Gasteiger partial charge in [-0.25, -0.2) is 19.6 Å². The molecule has 0 atom stereocenters. The summed E-state index contributed by atoms with van der Waals surface area (Å²) in [5.74, 6) is -0.282. The molecule has 10 aromatic rings. The van der Waals surface area contributed by atoms with Gasteiger partial charge in [0.2, 0.25) is 0 Å². The summed E-state index contributed by atoms with van der Waals surface area (Å²) in [6.45, 7) is 79.0. The van der Waals surface area contributed by atoms with Crippen molar-refractivity contribution in [3.63, 3.8) is 0 Å². The fourth-order valence-electron chi connectivity index (χ4n) is 17.7. The molecule has 0 radical (unpaired) electrons. The summed E-state index contributed by atoms with van der Waals surface area (Å²) in [5, 5.41) is 0. The van der Waals surface area contributed by atoms with Gasteiger partial charge in [0.05, 0.1) is 0 Å². The third kappa shape index (κ3) is 16.1. The van der Waals surface area contributed by atoms with Gasteiger partial charge in [0.15, 0.2) is 22.4 Å². The van der Waals surface area contributed by atoms with E-state index in [-0.39, 0.29) is 67.0 Å². The Kier molecular flexibility index (Phi) is 23.5. The average molecular weight is 1530 g/mol. The molecule has 604 valence electrons. The lowest BCUT2D eigenvalue weighted by Crippen LogP contribution is -2.46. The van der Waals surface area contributed by atoms with Gasteiger partial charge in [-0.15, -0.1) is 0 Å². The highest BCUT2D eigenvalue weighted by atomic mass is 17.2. The summed E-state index contributed by atoms with van der Waals surface area (Å²) in [6, 6.07) is 79.9. The monoisotopic (exact) mass is 1530 g/mol. The summed E-state index contributed by atoms with van der Waals surface area (Å²) < 4.78 is 0. The molecule has 0 unspecified atom stereocenters. The van der Waals surface area contributed by atoms with Gasteiger partial charge >= 0.3 is 0 Å². The zero-order valence-corrected chi connectivity index (χ0v) is 76.6. The highest BCUT2D eigenvalue weighted by Crippen LogP contribution is 2.60. The fraction of sp³-hybridized carbons (Fsp3) is 0.455. The van der Waals surface area contributed by atoms with Crippen molar-refractivity contribution in [3.8, 4) is 0 Å². The molecule has 1 aliphatic heterocycles. The third-order valence-corrected chi connectivity index (χ3v) is 25.0. The van der Waals surface area contributed by atoms with E-state index >= 15 is 0 Å². The second-order valence-electron chi connectivity index (χ2n) is 43.2.